The minimum atomic E-state index is -0.100. The molecular formula is C18H20O2. The Kier molecular flexibility index (Phi) is 2.42. The molecule has 2 heteroatoms. The number of fused-ring (bicyclic) bond motifs is 5. The second kappa shape index (κ2) is 3.97. The van der Waals surface area contributed by atoms with Gasteiger partial charge < -0.3 is 5.11 Å². The number of carbonyl (C=O) groups is 1. The molecule has 2 unspecified atom stereocenters. The topological polar surface area (TPSA) is 37.3 Å². The summed E-state index contributed by atoms with van der Waals surface area (Å²) < 4.78 is 0. The van der Waals surface area contributed by atoms with Gasteiger partial charge in [-0.3, -0.25) is 4.79 Å². The minimum absolute atomic E-state index is 0.100. The third kappa shape index (κ3) is 1.48. The van der Waals surface area contributed by atoms with E-state index in [0.717, 1.165) is 32.1 Å². The van der Waals surface area contributed by atoms with Crippen LogP contribution in [0.5, 0.6) is 5.75 Å². The number of ketones is 1. The molecule has 0 saturated heterocycles. The van der Waals surface area contributed by atoms with Crippen LogP contribution in [0.2, 0.25) is 0 Å². The van der Waals surface area contributed by atoms with Crippen LogP contribution in [0.15, 0.2) is 29.8 Å². The molecular weight excluding hydrogens is 248 g/mol. The number of carbonyl (C=O) groups excluding carboxylic acids is 1. The van der Waals surface area contributed by atoms with Crippen molar-refractivity contribution in [2.75, 3.05) is 0 Å². The summed E-state index contributed by atoms with van der Waals surface area (Å²) in [7, 11) is 0. The van der Waals surface area contributed by atoms with Crippen molar-refractivity contribution in [1.82, 2.24) is 0 Å². The molecule has 0 radical (unpaired) electrons. The second-order valence-electron chi connectivity index (χ2n) is 6.81. The molecule has 0 bridgehead atoms. The van der Waals surface area contributed by atoms with Crippen molar-refractivity contribution in [3.63, 3.8) is 0 Å². The van der Waals surface area contributed by atoms with Gasteiger partial charge in [-0.15, -0.1) is 0 Å². The number of aromatic hydroxyl groups is 1. The van der Waals surface area contributed by atoms with Gasteiger partial charge in [-0.1, -0.05) is 24.6 Å². The SMILES string of the molecule is C[C@@]12CCC3C(=CCc4cc(O)ccc43)C1CCC2=O. The molecule has 3 aliphatic rings. The molecule has 2 saturated carbocycles. The van der Waals surface area contributed by atoms with Gasteiger partial charge in [0.05, 0.1) is 0 Å². The molecule has 1 N–H and O–H groups in total. The first-order chi connectivity index (χ1) is 9.59. The van der Waals surface area contributed by atoms with Gasteiger partial charge in [-0.2, -0.15) is 0 Å². The highest BCUT2D eigenvalue weighted by Gasteiger charge is 2.52. The van der Waals surface area contributed by atoms with E-state index < -0.39 is 0 Å². The van der Waals surface area contributed by atoms with Crippen LogP contribution in [0.1, 0.15) is 49.7 Å². The number of phenols is 1. The Hall–Kier alpha value is -1.57. The van der Waals surface area contributed by atoms with Gasteiger partial charge in [-0.25, -0.2) is 0 Å². The minimum Gasteiger partial charge on any atom is -0.508 e. The number of Topliss-reactive ketones (excluding diaryl/α,β-unsaturated/α-hetero) is 1. The van der Waals surface area contributed by atoms with Gasteiger partial charge in [0.15, 0.2) is 0 Å². The molecule has 0 heterocycles. The van der Waals surface area contributed by atoms with Crippen LogP contribution < -0.4 is 0 Å². The average molecular weight is 268 g/mol. The second-order valence-corrected chi connectivity index (χ2v) is 6.81. The van der Waals surface area contributed by atoms with Gasteiger partial charge >= 0.3 is 0 Å². The van der Waals surface area contributed by atoms with Crippen molar-refractivity contribution in [2.24, 2.45) is 11.3 Å². The quantitative estimate of drug-likeness (QED) is 0.728. The third-order valence-corrected chi connectivity index (χ3v) is 5.88. The van der Waals surface area contributed by atoms with Gasteiger partial charge in [0, 0.05) is 17.8 Å². The largest absolute Gasteiger partial charge is 0.508 e. The lowest BCUT2D eigenvalue weighted by Gasteiger charge is -2.43. The molecule has 2 nitrogen and oxygen atoms in total. The van der Waals surface area contributed by atoms with Crippen LogP contribution in [0.4, 0.5) is 0 Å². The van der Waals surface area contributed by atoms with Gasteiger partial charge in [0.1, 0.15) is 11.5 Å². The molecule has 0 amide bonds. The van der Waals surface area contributed by atoms with Crippen molar-refractivity contribution in [3.05, 3.63) is 41.0 Å². The van der Waals surface area contributed by atoms with Crippen LogP contribution in [-0.2, 0) is 11.2 Å². The first kappa shape index (κ1) is 12.2. The summed E-state index contributed by atoms with van der Waals surface area (Å²) in [5, 5.41) is 9.64. The van der Waals surface area contributed by atoms with Crippen LogP contribution in [0.25, 0.3) is 0 Å². The number of hydrogen-bond acceptors (Lipinski definition) is 2. The smallest absolute Gasteiger partial charge is 0.139 e. The summed E-state index contributed by atoms with van der Waals surface area (Å²) in [5.41, 5.74) is 4.03. The lowest BCUT2D eigenvalue weighted by molar-refractivity contribution is -0.126. The Bertz CT molecular complexity index is 628. The highest BCUT2D eigenvalue weighted by atomic mass is 16.3. The fourth-order valence-electron chi connectivity index (χ4n) is 4.73. The molecule has 3 atom stereocenters. The molecule has 1 aromatic carbocycles. The maximum Gasteiger partial charge on any atom is 0.139 e. The lowest BCUT2D eigenvalue weighted by atomic mass is 9.60. The van der Waals surface area contributed by atoms with Gasteiger partial charge in [0.25, 0.3) is 0 Å². The van der Waals surface area contributed by atoms with Crippen molar-refractivity contribution in [3.8, 4) is 5.75 Å². The predicted molar refractivity (Wildman–Crippen MR) is 77.7 cm³/mol. The van der Waals surface area contributed by atoms with Crippen LogP contribution in [0, 0.1) is 11.3 Å². The summed E-state index contributed by atoms with van der Waals surface area (Å²) in [6.07, 6.45) is 7.11. The summed E-state index contributed by atoms with van der Waals surface area (Å²) in [4.78, 5) is 12.2. The Labute approximate surface area is 119 Å². The molecule has 20 heavy (non-hydrogen) atoms. The normalized spacial score (nSPS) is 35.0. The van der Waals surface area contributed by atoms with E-state index in [2.05, 4.69) is 19.1 Å². The first-order valence-corrected chi connectivity index (χ1v) is 7.64. The molecule has 104 valence electrons. The Morgan fingerprint density at radius 3 is 3.00 bits per heavy atom. The van der Waals surface area contributed by atoms with E-state index in [9.17, 15) is 9.90 Å². The third-order valence-electron chi connectivity index (χ3n) is 5.88. The number of hydrogen-bond donors (Lipinski definition) is 1. The van der Waals surface area contributed by atoms with Crippen molar-refractivity contribution in [2.45, 2.75) is 44.9 Å². The monoisotopic (exact) mass is 268 g/mol. The molecule has 1 aromatic rings. The van der Waals surface area contributed by atoms with Gasteiger partial charge in [-0.05, 0) is 54.9 Å². The van der Waals surface area contributed by atoms with Crippen molar-refractivity contribution >= 4 is 5.78 Å². The average Bonchev–Trinajstić information content (AvgIpc) is 2.74. The maximum absolute atomic E-state index is 12.2. The lowest BCUT2D eigenvalue weighted by Crippen LogP contribution is -2.37. The van der Waals surface area contributed by atoms with E-state index in [1.54, 1.807) is 6.07 Å². The Morgan fingerprint density at radius 2 is 2.15 bits per heavy atom. The van der Waals surface area contributed by atoms with Gasteiger partial charge in [0.2, 0.25) is 0 Å². The highest BCUT2D eigenvalue weighted by Crippen LogP contribution is 2.57. The number of allylic oxidation sites excluding steroid dienone is 2. The number of benzene rings is 1. The molecule has 4 rings (SSSR count). The molecule has 0 aromatic heterocycles. The van der Waals surface area contributed by atoms with Crippen LogP contribution >= 0.6 is 0 Å². The fraction of sp³-hybridized carbons (Fsp3) is 0.500. The predicted octanol–water partition coefficient (Wildman–Crippen LogP) is 3.74. The zero-order valence-electron chi connectivity index (χ0n) is 11.9. The molecule has 0 spiro atoms. The summed E-state index contributed by atoms with van der Waals surface area (Å²) in [5.74, 6) is 1.76. The highest BCUT2D eigenvalue weighted by molar-refractivity contribution is 5.88. The molecule has 0 aliphatic heterocycles. The van der Waals surface area contributed by atoms with E-state index in [-0.39, 0.29) is 5.41 Å². The summed E-state index contributed by atoms with van der Waals surface area (Å²) in [6, 6.07) is 5.79. The zero-order valence-corrected chi connectivity index (χ0v) is 11.9. The van der Waals surface area contributed by atoms with E-state index in [4.69, 9.17) is 0 Å². The summed E-state index contributed by atoms with van der Waals surface area (Å²) in [6.45, 7) is 2.18. The standard InChI is InChI=1S/C18H20O2/c1-18-9-8-14-13-5-3-12(19)10-11(13)2-4-15(14)16(18)6-7-17(18)20/h3-5,10,14,16,19H,2,6-9H2,1H3/t14?,16?,18-/m1/s1. The summed E-state index contributed by atoms with van der Waals surface area (Å²) >= 11 is 0. The van der Waals surface area contributed by atoms with E-state index in [1.807, 2.05) is 6.07 Å². The molecule has 3 aliphatic carbocycles. The van der Waals surface area contributed by atoms with E-state index in [0.29, 0.717) is 23.4 Å². The molecule has 2 fully saturated rings. The fourth-order valence-corrected chi connectivity index (χ4v) is 4.73. The van der Waals surface area contributed by atoms with Crippen LogP contribution in [-0.4, -0.2) is 10.9 Å². The van der Waals surface area contributed by atoms with E-state index in [1.165, 1.54) is 16.7 Å². The number of rotatable bonds is 0. The van der Waals surface area contributed by atoms with E-state index >= 15 is 0 Å². The Morgan fingerprint density at radius 1 is 1.30 bits per heavy atom. The Balaban J connectivity index is 1.77. The van der Waals surface area contributed by atoms with Crippen LogP contribution in [0.3, 0.4) is 0 Å². The maximum atomic E-state index is 12.2. The first-order valence-electron chi connectivity index (χ1n) is 7.64. The van der Waals surface area contributed by atoms with Crippen molar-refractivity contribution < 1.29 is 9.90 Å². The number of phenolic OH excluding ortho intramolecular Hbond substituents is 1. The zero-order chi connectivity index (χ0) is 13.9. The van der Waals surface area contributed by atoms with Crippen molar-refractivity contribution in [1.29, 1.82) is 0 Å².